The zero-order chi connectivity index (χ0) is 22.1. The second-order valence-electron chi connectivity index (χ2n) is 6.15. The highest BCUT2D eigenvalue weighted by molar-refractivity contribution is 6.05. The van der Waals surface area contributed by atoms with Gasteiger partial charge in [-0.25, -0.2) is 8.78 Å². The molecule has 1 aromatic heterocycles. The van der Waals surface area contributed by atoms with Crippen LogP contribution in [0.15, 0.2) is 42.5 Å². The molecule has 5 nitrogen and oxygen atoms in total. The largest absolute Gasteiger partial charge is 0.435 e. The zero-order valence-corrected chi connectivity index (χ0v) is 15.4. The second-order valence-corrected chi connectivity index (χ2v) is 6.15. The summed E-state index contributed by atoms with van der Waals surface area (Å²) >= 11 is 0. The molecule has 1 heterocycles. The molecule has 0 saturated carbocycles. The van der Waals surface area contributed by atoms with Crippen LogP contribution in [0.4, 0.5) is 27.6 Å². The SMILES string of the molecule is CCn1nc(C(F)(F)F)cc1-c1ccc(C(=O)Nc2c(F)cccc2F)cc1C#N. The van der Waals surface area contributed by atoms with Crippen molar-refractivity contribution in [2.24, 2.45) is 0 Å². The van der Waals surface area contributed by atoms with Gasteiger partial charge in [-0.1, -0.05) is 12.1 Å². The van der Waals surface area contributed by atoms with E-state index in [0.29, 0.717) is 0 Å². The number of amides is 1. The number of rotatable bonds is 4. The number of para-hydroxylation sites is 1. The molecule has 0 bridgehead atoms. The minimum Gasteiger partial charge on any atom is -0.317 e. The number of carbonyl (C=O) groups is 1. The van der Waals surface area contributed by atoms with E-state index in [4.69, 9.17) is 0 Å². The lowest BCUT2D eigenvalue weighted by molar-refractivity contribution is -0.141. The van der Waals surface area contributed by atoms with Gasteiger partial charge in [0.05, 0.1) is 17.3 Å². The summed E-state index contributed by atoms with van der Waals surface area (Å²) in [4.78, 5) is 12.4. The molecular formula is C20H13F5N4O. The van der Waals surface area contributed by atoms with Crippen LogP contribution in [0.1, 0.15) is 28.5 Å². The Morgan fingerprint density at radius 2 is 1.83 bits per heavy atom. The number of alkyl halides is 3. The van der Waals surface area contributed by atoms with Gasteiger partial charge < -0.3 is 5.32 Å². The molecule has 0 unspecified atom stereocenters. The summed E-state index contributed by atoms with van der Waals surface area (Å²) in [7, 11) is 0. The topological polar surface area (TPSA) is 70.7 Å². The van der Waals surface area contributed by atoms with Gasteiger partial charge in [0.15, 0.2) is 5.69 Å². The third-order valence-electron chi connectivity index (χ3n) is 4.25. The van der Waals surface area contributed by atoms with E-state index in [1.807, 2.05) is 6.07 Å². The van der Waals surface area contributed by atoms with E-state index in [-0.39, 0.29) is 28.9 Å². The average molecular weight is 420 g/mol. The zero-order valence-electron chi connectivity index (χ0n) is 15.4. The summed E-state index contributed by atoms with van der Waals surface area (Å²) in [6.07, 6.45) is -4.66. The second kappa shape index (κ2) is 7.94. The number of aromatic nitrogens is 2. The number of nitrogens with zero attached hydrogens (tertiary/aromatic N) is 3. The Kier molecular flexibility index (Phi) is 5.56. The lowest BCUT2D eigenvalue weighted by Gasteiger charge is -2.10. The van der Waals surface area contributed by atoms with Crippen LogP contribution >= 0.6 is 0 Å². The van der Waals surface area contributed by atoms with E-state index < -0.39 is 35.1 Å². The minimum atomic E-state index is -4.66. The van der Waals surface area contributed by atoms with Gasteiger partial charge in [-0.05, 0) is 37.3 Å². The molecule has 0 saturated heterocycles. The summed E-state index contributed by atoms with van der Waals surface area (Å²) in [5.74, 6) is -2.85. The van der Waals surface area contributed by atoms with Gasteiger partial charge in [0.25, 0.3) is 5.91 Å². The van der Waals surface area contributed by atoms with Gasteiger partial charge in [0.1, 0.15) is 17.3 Å². The fraction of sp³-hybridized carbons (Fsp3) is 0.150. The summed E-state index contributed by atoms with van der Waals surface area (Å²) < 4.78 is 67.6. The molecule has 30 heavy (non-hydrogen) atoms. The van der Waals surface area contributed by atoms with Crippen molar-refractivity contribution in [2.75, 3.05) is 5.32 Å². The number of aryl methyl sites for hydroxylation is 1. The molecule has 10 heteroatoms. The van der Waals surface area contributed by atoms with Gasteiger partial charge in [-0.15, -0.1) is 0 Å². The molecule has 0 atom stereocenters. The first-order valence-corrected chi connectivity index (χ1v) is 8.60. The number of carbonyl (C=O) groups excluding carboxylic acids is 1. The Morgan fingerprint density at radius 1 is 1.17 bits per heavy atom. The monoisotopic (exact) mass is 420 g/mol. The van der Waals surface area contributed by atoms with Crippen LogP contribution in [0.25, 0.3) is 11.3 Å². The van der Waals surface area contributed by atoms with E-state index >= 15 is 0 Å². The maximum Gasteiger partial charge on any atom is 0.435 e. The predicted octanol–water partition coefficient (Wildman–Crippen LogP) is 4.99. The smallest absolute Gasteiger partial charge is 0.317 e. The predicted molar refractivity (Wildman–Crippen MR) is 97.4 cm³/mol. The molecule has 0 spiro atoms. The standard InChI is InChI=1S/C20H13F5N4O/c1-2-29-16(9-17(28-29)20(23,24)25)13-7-6-11(8-12(13)10-26)19(30)27-18-14(21)4-3-5-15(18)22/h3-9H,2H2,1H3,(H,27,30). The van der Waals surface area contributed by atoms with Gasteiger partial charge in [-0.2, -0.15) is 23.5 Å². The molecule has 0 radical (unpaired) electrons. The molecule has 3 rings (SSSR count). The Balaban J connectivity index is 1.99. The molecule has 0 aliphatic heterocycles. The van der Waals surface area contributed by atoms with Crippen LogP contribution in [0.2, 0.25) is 0 Å². The summed E-state index contributed by atoms with van der Waals surface area (Å²) in [5, 5.41) is 15.0. The van der Waals surface area contributed by atoms with Crippen LogP contribution in [0, 0.1) is 23.0 Å². The number of benzene rings is 2. The lowest BCUT2D eigenvalue weighted by atomic mass is 10.0. The van der Waals surface area contributed by atoms with Crippen LogP contribution in [-0.2, 0) is 12.7 Å². The molecule has 154 valence electrons. The Hall–Kier alpha value is -3.74. The van der Waals surface area contributed by atoms with Crippen molar-refractivity contribution < 1.29 is 26.7 Å². The highest BCUT2D eigenvalue weighted by Gasteiger charge is 2.35. The maximum absolute atomic E-state index is 13.7. The molecule has 1 amide bonds. The summed E-state index contributed by atoms with van der Waals surface area (Å²) in [5.41, 5.74) is -1.77. The number of nitrogens with one attached hydrogen (secondary N) is 1. The van der Waals surface area contributed by atoms with Crippen molar-refractivity contribution in [1.29, 1.82) is 5.26 Å². The number of hydrogen-bond donors (Lipinski definition) is 1. The van der Waals surface area contributed by atoms with Crippen LogP contribution in [-0.4, -0.2) is 15.7 Å². The third kappa shape index (κ3) is 4.00. The fourth-order valence-corrected chi connectivity index (χ4v) is 2.82. The molecule has 1 N–H and O–H groups in total. The van der Waals surface area contributed by atoms with Crippen LogP contribution < -0.4 is 5.32 Å². The van der Waals surface area contributed by atoms with Crippen LogP contribution in [0.5, 0.6) is 0 Å². The first kappa shape index (κ1) is 21.0. The van der Waals surface area contributed by atoms with Crippen LogP contribution in [0.3, 0.4) is 0 Å². The molecule has 0 fully saturated rings. The third-order valence-corrected chi connectivity index (χ3v) is 4.25. The summed E-state index contributed by atoms with van der Waals surface area (Å²) in [6.45, 7) is 1.71. The van der Waals surface area contributed by atoms with Crippen molar-refractivity contribution in [2.45, 2.75) is 19.6 Å². The molecular weight excluding hydrogens is 407 g/mol. The first-order chi connectivity index (χ1) is 14.2. The maximum atomic E-state index is 13.7. The fourth-order valence-electron chi connectivity index (χ4n) is 2.82. The Labute approximate surface area is 167 Å². The van der Waals surface area contributed by atoms with E-state index in [2.05, 4.69) is 10.4 Å². The Morgan fingerprint density at radius 3 is 2.40 bits per heavy atom. The van der Waals surface area contributed by atoms with E-state index in [1.54, 1.807) is 6.92 Å². The summed E-state index contributed by atoms with van der Waals surface area (Å²) in [6, 6.07) is 9.36. The lowest BCUT2D eigenvalue weighted by Crippen LogP contribution is -2.14. The highest BCUT2D eigenvalue weighted by Crippen LogP contribution is 2.33. The number of anilines is 1. The van der Waals surface area contributed by atoms with Crippen molar-refractivity contribution in [3.05, 3.63) is 70.9 Å². The highest BCUT2D eigenvalue weighted by atomic mass is 19.4. The van der Waals surface area contributed by atoms with Gasteiger partial charge in [0, 0.05) is 17.7 Å². The van der Waals surface area contributed by atoms with Crippen molar-refractivity contribution in [3.8, 4) is 17.3 Å². The van der Waals surface area contributed by atoms with E-state index in [1.165, 1.54) is 12.1 Å². The number of hydrogen-bond acceptors (Lipinski definition) is 3. The van der Waals surface area contributed by atoms with E-state index in [9.17, 15) is 32.0 Å². The normalized spacial score (nSPS) is 11.2. The number of halogens is 5. The van der Waals surface area contributed by atoms with Gasteiger partial charge in [-0.3, -0.25) is 9.48 Å². The molecule has 3 aromatic rings. The van der Waals surface area contributed by atoms with E-state index in [0.717, 1.165) is 35.0 Å². The van der Waals surface area contributed by atoms with Crippen molar-refractivity contribution in [3.63, 3.8) is 0 Å². The van der Waals surface area contributed by atoms with Crippen molar-refractivity contribution >= 4 is 11.6 Å². The minimum absolute atomic E-state index is 0.0495. The molecule has 2 aromatic carbocycles. The first-order valence-electron chi connectivity index (χ1n) is 8.60. The average Bonchev–Trinajstić information content (AvgIpc) is 3.15. The quantitative estimate of drug-likeness (QED) is 0.605. The molecule has 0 aliphatic carbocycles. The van der Waals surface area contributed by atoms with Gasteiger partial charge >= 0.3 is 6.18 Å². The number of nitriles is 1. The van der Waals surface area contributed by atoms with Gasteiger partial charge in [0.2, 0.25) is 0 Å². The molecule has 0 aliphatic rings. The Bertz CT molecular complexity index is 1140. The van der Waals surface area contributed by atoms with Crippen molar-refractivity contribution in [1.82, 2.24) is 9.78 Å².